The molecule has 1 heterocycles. The number of carbonyl (C=O) groups excluding carboxylic acids is 1. The maximum absolute atomic E-state index is 13.3. The van der Waals surface area contributed by atoms with Crippen molar-refractivity contribution in [3.63, 3.8) is 0 Å². The van der Waals surface area contributed by atoms with E-state index in [0.717, 1.165) is 18.7 Å². The highest BCUT2D eigenvalue weighted by molar-refractivity contribution is 5.77. The molecule has 2 aromatic rings. The number of halogens is 1. The molecular formula is C21H22FN3O3. The SMILES string of the molecule is N#Cc1ccc(OCC(=O)NC[C@@H](c2ccc(F)cc2)N2CCOCC2)cc1. The van der Waals surface area contributed by atoms with Crippen molar-refractivity contribution in [1.82, 2.24) is 10.2 Å². The summed E-state index contributed by atoms with van der Waals surface area (Å²) in [5, 5.41) is 11.7. The molecule has 1 saturated heterocycles. The molecule has 1 N–H and O–H groups in total. The number of amides is 1. The van der Waals surface area contributed by atoms with Crippen LogP contribution in [0, 0.1) is 17.1 Å². The minimum absolute atomic E-state index is 0.0663. The fraction of sp³-hybridized carbons (Fsp3) is 0.333. The molecule has 1 aliphatic heterocycles. The van der Waals surface area contributed by atoms with E-state index in [1.807, 2.05) is 6.07 Å². The first-order valence-corrected chi connectivity index (χ1v) is 9.12. The molecular weight excluding hydrogens is 361 g/mol. The number of benzene rings is 2. The molecule has 7 heteroatoms. The van der Waals surface area contributed by atoms with Crippen LogP contribution in [0.25, 0.3) is 0 Å². The molecule has 0 aromatic heterocycles. The molecule has 6 nitrogen and oxygen atoms in total. The van der Waals surface area contributed by atoms with E-state index in [-0.39, 0.29) is 24.4 Å². The lowest BCUT2D eigenvalue weighted by molar-refractivity contribution is -0.123. The molecule has 0 aliphatic carbocycles. The highest BCUT2D eigenvalue weighted by Gasteiger charge is 2.23. The van der Waals surface area contributed by atoms with E-state index < -0.39 is 0 Å². The van der Waals surface area contributed by atoms with Gasteiger partial charge in [0.1, 0.15) is 11.6 Å². The number of hydrogen-bond donors (Lipinski definition) is 1. The minimum atomic E-state index is -0.288. The zero-order chi connectivity index (χ0) is 19.8. The summed E-state index contributed by atoms with van der Waals surface area (Å²) < 4.78 is 24.1. The number of nitrogens with one attached hydrogen (secondary N) is 1. The van der Waals surface area contributed by atoms with Crippen molar-refractivity contribution < 1.29 is 18.7 Å². The summed E-state index contributed by atoms with van der Waals surface area (Å²) in [7, 11) is 0. The second-order valence-corrected chi connectivity index (χ2v) is 6.44. The van der Waals surface area contributed by atoms with Crippen LogP contribution in [0.15, 0.2) is 48.5 Å². The van der Waals surface area contributed by atoms with Crippen LogP contribution in [0.2, 0.25) is 0 Å². The average Bonchev–Trinajstić information content (AvgIpc) is 2.75. The zero-order valence-corrected chi connectivity index (χ0v) is 15.4. The Morgan fingerprint density at radius 2 is 1.86 bits per heavy atom. The Hall–Kier alpha value is -2.95. The Bertz CT molecular complexity index is 812. The zero-order valence-electron chi connectivity index (χ0n) is 15.4. The molecule has 3 rings (SSSR count). The number of hydrogen-bond acceptors (Lipinski definition) is 5. The smallest absolute Gasteiger partial charge is 0.258 e. The van der Waals surface area contributed by atoms with Gasteiger partial charge in [-0.15, -0.1) is 0 Å². The summed E-state index contributed by atoms with van der Waals surface area (Å²) in [5.74, 6) is -0.00789. The Labute approximate surface area is 163 Å². The van der Waals surface area contributed by atoms with E-state index >= 15 is 0 Å². The molecule has 0 saturated carbocycles. The highest BCUT2D eigenvalue weighted by atomic mass is 19.1. The quantitative estimate of drug-likeness (QED) is 0.794. The summed E-state index contributed by atoms with van der Waals surface area (Å²) in [5.41, 5.74) is 1.47. The van der Waals surface area contributed by atoms with E-state index in [1.165, 1.54) is 12.1 Å². The Kier molecular flexibility index (Phi) is 6.95. The van der Waals surface area contributed by atoms with Gasteiger partial charge in [-0.1, -0.05) is 12.1 Å². The van der Waals surface area contributed by atoms with Gasteiger partial charge in [0, 0.05) is 19.6 Å². The molecule has 1 atom stereocenters. The van der Waals surface area contributed by atoms with E-state index in [4.69, 9.17) is 14.7 Å². The molecule has 0 spiro atoms. The standard InChI is InChI=1S/C21H22FN3O3/c22-18-5-3-17(4-6-18)20(25-9-11-27-12-10-25)14-24-21(26)15-28-19-7-1-16(13-23)2-8-19/h1-8,20H,9-12,14-15H2,(H,24,26)/t20-/m0/s1. The largest absolute Gasteiger partial charge is 0.484 e. The van der Waals surface area contributed by atoms with E-state index in [9.17, 15) is 9.18 Å². The Balaban J connectivity index is 1.56. The predicted molar refractivity (Wildman–Crippen MR) is 101 cm³/mol. The highest BCUT2D eigenvalue weighted by Crippen LogP contribution is 2.21. The van der Waals surface area contributed by atoms with Crippen molar-refractivity contribution in [2.45, 2.75) is 6.04 Å². The third-order valence-corrected chi connectivity index (χ3v) is 4.59. The lowest BCUT2D eigenvalue weighted by Gasteiger charge is -2.35. The van der Waals surface area contributed by atoms with E-state index in [2.05, 4.69) is 10.2 Å². The fourth-order valence-corrected chi connectivity index (χ4v) is 3.07. The van der Waals surface area contributed by atoms with Gasteiger partial charge in [0.05, 0.1) is 30.9 Å². The Morgan fingerprint density at radius 3 is 2.50 bits per heavy atom. The number of nitrogens with zero attached hydrogens (tertiary/aromatic N) is 2. The van der Waals surface area contributed by atoms with Gasteiger partial charge in [-0.3, -0.25) is 9.69 Å². The summed E-state index contributed by atoms with van der Waals surface area (Å²) >= 11 is 0. The van der Waals surface area contributed by atoms with Crippen molar-refractivity contribution in [3.8, 4) is 11.8 Å². The topological polar surface area (TPSA) is 74.6 Å². The lowest BCUT2D eigenvalue weighted by Crippen LogP contribution is -2.44. The fourth-order valence-electron chi connectivity index (χ4n) is 3.07. The Morgan fingerprint density at radius 1 is 1.18 bits per heavy atom. The second kappa shape index (κ2) is 9.83. The van der Waals surface area contributed by atoms with Gasteiger partial charge in [-0.05, 0) is 42.0 Å². The predicted octanol–water partition coefficient (Wildman–Crippen LogP) is 2.27. The van der Waals surface area contributed by atoms with Crippen molar-refractivity contribution in [2.75, 3.05) is 39.5 Å². The van der Waals surface area contributed by atoms with Crippen molar-refractivity contribution in [1.29, 1.82) is 5.26 Å². The maximum atomic E-state index is 13.3. The first-order valence-electron chi connectivity index (χ1n) is 9.12. The average molecular weight is 383 g/mol. The van der Waals surface area contributed by atoms with Gasteiger partial charge in [0.25, 0.3) is 5.91 Å². The molecule has 1 aliphatic rings. The van der Waals surface area contributed by atoms with Gasteiger partial charge >= 0.3 is 0 Å². The van der Waals surface area contributed by atoms with E-state index in [1.54, 1.807) is 36.4 Å². The number of carbonyl (C=O) groups is 1. The summed E-state index contributed by atoms with van der Waals surface area (Å²) in [4.78, 5) is 14.4. The molecule has 0 radical (unpaired) electrons. The molecule has 1 amide bonds. The molecule has 2 aromatic carbocycles. The molecule has 0 unspecified atom stereocenters. The summed E-state index contributed by atoms with van der Waals surface area (Å²) in [6, 6.07) is 14.9. The first-order chi connectivity index (χ1) is 13.7. The minimum Gasteiger partial charge on any atom is -0.484 e. The van der Waals surface area contributed by atoms with Crippen LogP contribution in [0.3, 0.4) is 0 Å². The summed E-state index contributed by atoms with van der Waals surface area (Å²) in [6.45, 7) is 3.03. The molecule has 0 bridgehead atoms. The van der Waals surface area contributed by atoms with Gasteiger partial charge in [-0.2, -0.15) is 5.26 Å². The van der Waals surface area contributed by atoms with E-state index in [0.29, 0.717) is 31.1 Å². The second-order valence-electron chi connectivity index (χ2n) is 6.44. The molecule has 28 heavy (non-hydrogen) atoms. The van der Waals surface area contributed by atoms with Crippen LogP contribution in [-0.2, 0) is 9.53 Å². The number of rotatable bonds is 7. The number of morpholine rings is 1. The van der Waals surface area contributed by atoms with Crippen LogP contribution in [0.1, 0.15) is 17.2 Å². The van der Waals surface area contributed by atoms with Crippen molar-refractivity contribution in [3.05, 3.63) is 65.5 Å². The summed E-state index contributed by atoms with van der Waals surface area (Å²) in [6.07, 6.45) is 0. The molecule has 146 valence electrons. The number of nitriles is 1. The van der Waals surface area contributed by atoms with Crippen LogP contribution >= 0.6 is 0 Å². The number of ether oxygens (including phenoxy) is 2. The lowest BCUT2D eigenvalue weighted by atomic mass is 10.0. The van der Waals surface area contributed by atoms with Gasteiger partial charge < -0.3 is 14.8 Å². The van der Waals surface area contributed by atoms with Gasteiger partial charge in [-0.25, -0.2) is 4.39 Å². The molecule has 1 fully saturated rings. The van der Waals surface area contributed by atoms with Gasteiger partial charge in [0.15, 0.2) is 6.61 Å². The van der Waals surface area contributed by atoms with Crippen molar-refractivity contribution in [2.24, 2.45) is 0 Å². The monoisotopic (exact) mass is 383 g/mol. The normalized spacial score (nSPS) is 15.4. The van der Waals surface area contributed by atoms with Crippen LogP contribution in [-0.4, -0.2) is 50.3 Å². The first kappa shape index (κ1) is 19.8. The van der Waals surface area contributed by atoms with Gasteiger partial charge in [0.2, 0.25) is 0 Å². The van der Waals surface area contributed by atoms with Crippen LogP contribution in [0.5, 0.6) is 5.75 Å². The third kappa shape index (κ3) is 5.52. The maximum Gasteiger partial charge on any atom is 0.258 e. The van der Waals surface area contributed by atoms with Crippen LogP contribution in [0.4, 0.5) is 4.39 Å². The van der Waals surface area contributed by atoms with Crippen LogP contribution < -0.4 is 10.1 Å². The van der Waals surface area contributed by atoms with Crippen molar-refractivity contribution >= 4 is 5.91 Å². The third-order valence-electron chi connectivity index (χ3n) is 4.59.